The molecule has 0 unspecified atom stereocenters. The fourth-order valence-electron chi connectivity index (χ4n) is 3.12. The summed E-state index contributed by atoms with van der Waals surface area (Å²) >= 11 is 0. The summed E-state index contributed by atoms with van der Waals surface area (Å²) in [5.74, 6) is -1.38. The summed E-state index contributed by atoms with van der Waals surface area (Å²) in [7, 11) is 1.50. The first-order chi connectivity index (χ1) is 14.5. The summed E-state index contributed by atoms with van der Waals surface area (Å²) in [5, 5.41) is 0.762. The van der Waals surface area contributed by atoms with Crippen molar-refractivity contribution in [2.24, 2.45) is 0 Å². The van der Waals surface area contributed by atoms with Crippen LogP contribution in [0, 0.1) is 0 Å². The second-order valence-corrected chi connectivity index (χ2v) is 6.86. The molecule has 2 heterocycles. The van der Waals surface area contributed by atoms with Gasteiger partial charge in [-0.05, 0) is 13.0 Å². The molecule has 0 aliphatic carbocycles. The third-order valence-corrected chi connectivity index (χ3v) is 4.82. The summed E-state index contributed by atoms with van der Waals surface area (Å²) in [6.07, 6.45) is 0. The molecule has 0 N–H and O–H groups in total. The van der Waals surface area contributed by atoms with Crippen LogP contribution in [0.15, 0.2) is 28.7 Å². The summed E-state index contributed by atoms with van der Waals surface area (Å²) in [4.78, 5) is 40.0. The van der Waals surface area contributed by atoms with Crippen LogP contribution in [0.2, 0.25) is 0 Å². The van der Waals surface area contributed by atoms with Gasteiger partial charge < -0.3 is 28.4 Å². The molecule has 0 spiro atoms. The number of carbonyl (C=O) groups excluding carboxylic acids is 3. The lowest BCUT2D eigenvalue weighted by molar-refractivity contribution is -0.143. The first kappa shape index (κ1) is 21.8. The normalized spacial score (nSPS) is 14.0. The predicted octanol–water partition coefficient (Wildman–Crippen LogP) is 1.44. The highest BCUT2D eigenvalue weighted by Crippen LogP contribution is 2.27. The molecule has 1 aromatic heterocycles. The van der Waals surface area contributed by atoms with E-state index in [2.05, 4.69) is 0 Å². The van der Waals surface area contributed by atoms with Crippen molar-refractivity contribution in [1.82, 2.24) is 9.80 Å². The molecular weight excluding hydrogens is 392 g/mol. The van der Waals surface area contributed by atoms with E-state index >= 15 is 0 Å². The highest BCUT2D eigenvalue weighted by Gasteiger charge is 2.24. The van der Waals surface area contributed by atoms with E-state index in [0.717, 1.165) is 5.39 Å². The average molecular weight is 418 g/mol. The lowest BCUT2D eigenvalue weighted by Gasteiger charge is -2.28. The molecule has 1 fully saturated rings. The van der Waals surface area contributed by atoms with E-state index in [0.29, 0.717) is 44.1 Å². The largest absolute Gasteiger partial charge is 0.450 e. The summed E-state index contributed by atoms with van der Waals surface area (Å²) < 4.78 is 21.5. The van der Waals surface area contributed by atoms with E-state index in [4.69, 9.17) is 18.6 Å². The van der Waals surface area contributed by atoms with Crippen LogP contribution >= 0.6 is 0 Å². The van der Waals surface area contributed by atoms with Crippen LogP contribution in [0.25, 0.3) is 11.0 Å². The number of ether oxygens (including phenoxy) is 3. The van der Waals surface area contributed by atoms with E-state index < -0.39 is 18.5 Å². The lowest BCUT2D eigenvalue weighted by Crippen LogP contribution is -2.46. The average Bonchev–Trinajstić information content (AvgIpc) is 3.14. The smallest absolute Gasteiger partial charge is 0.375 e. The zero-order valence-electron chi connectivity index (χ0n) is 17.2. The van der Waals surface area contributed by atoms with Gasteiger partial charge in [0.1, 0.15) is 5.58 Å². The molecule has 0 atom stereocenters. The van der Waals surface area contributed by atoms with Crippen LogP contribution < -0.4 is 0 Å². The van der Waals surface area contributed by atoms with Crippen LogP contribution in [0.1, 0.15) is 23.0 Å². The summed E-state index contributed by atoms with van der Waals surface area (Å²) in [6, 6.07) is 7.22. The van der Waals surface area contributed by atoms with Crippen molar-refractivity contribution in [3.8, 4) is 0 Å². The van der Waals surface area contributed by atoms with Gasteiger partial charge in [-0.3, -0.25) is 9.59 Å². The Bertz CT molecular complexity index is 902. The number of carbonyl (C=O) groups is 3. The van der Waals surface area contributed by atoms with Gasteiger partial charge in [-0.2, -0.15) is 0 Å². The molecule has 3 rings (SSSR count). The fraction of sp³-hybridized carbons (Fsp3) is 0.476. The first-order valence-electron chi connectivity index (χ1n) is 9.86. The zero-order chi connectivity index (χ0) is 21.5. The Morgan fingerprint density at radius 2 is 1.90 bits per heavy atom. The number of benzene rings is 1. The number of morpholine rings is 1. The van der Waals surface area contributed by atoms with Crippen molar-refractivity contribution in [3.63, 3.8) is 0 Å². The minimum absolute atomic E-state index is 0.0181. The van der Waals surface area contributed by atoms with Crippen LogP contribution in [-0.2, 0) is 30.4 Å². The first-order valence-corrected chi connectivity index (χ1v) is 9.86. The Kier molecular flexibility index (Phi) is 7.42. The molecule has 9 nitrogen and oxygen atoms in total. The maximum atomic E-state index is 12.6. The minimum Gasteiger partial charge on any atom is -0.450 e. The van der Waals surface area contributed by atoms with E-state index in [1.807, 2.05) is 19.1 Å². The Hall–Kier alpha value is -2.91. The zero-order valence-corrected chi connectivity index (χ0v) is 17.2. The van der Waals surface area contributed by atoms with Gasteiger partial charge in [0, 0.05) is 37.7 Å². The van der Waals surface area contributed by atoms with Crippen LogP contribution in [0.3, 0.4) is 0 Å². The Balaban J connectivity index is 1.59. The summed E-state index contributed by atoms with van der Waals surface area (Å²) in [6.45, 7) is 3.94. The van der Waals surface area contributed by atoms with Crippen molar-refractivity contribution in [2.75, 3.05) is 53.1 Å². The predicted molar refractivity (Wildman–Crippen MR) is 107 cm³/mol. The van der Waals surface area contributed by atoms with E-state index in [9.17, 15) is 14.4 Å². The number of fused-ring (bicyclic) bond motifs is 1. The second kappa shape index (κ2) is 10.2. The van der Waals surface area contributed by atoms with Crippen LogP contribution in [0.5, 0.6) is 0 Å². The van der Waals surface area contributed by atoms with Crippen molar-refractivity contribution in [3.05, 3.63) is 35.6 Å². The summed E-state index contributed by atoms with van der Waals surface area (Å²) in [5.41, 5.74) is 1.12. The van der Waals surface area contributed by atoms with Gasteiger partial charge in [-0.25, -0.2) is 4.79 Å². The van der Waals surface area contributed by atoms with Crippen LogP contribution in [0.4, 0.5) is 0 Å². The number of hydrogen-bond donors (Lipinski definition) is 0. The van der Waals surface area contributed by atoms with Gasteiger partial charge in [0.15, 0.2) is 6.61 Å². The Morgan fingerprint density at radius 1 is 1.17 bits per heavy atom. The second-order valence-electron chi connectivity index (χ2n) is 6.86. The van der Waals surface area contributed by atoms with Crippen molar-refractivity contribution in [2.45, 2.75) is 13.5 Å². The van der Waals surface area contributed by atoms with Gasteiger partial charge in [0.25, 0.3) is 5.91 Å². The fourth-order valence-corrected chi connectivity index (χ4v) is 3.12. The standard InChI is InChI=1S/C21H26N2O7/c1-3-27-13-16-15-6-4-5-7-17(15)30-20(16)21(26)29-14-19(25)22(2)12-18(24)23-8-10-28-11-9-23/h4-7H,3,8-14H2,1-2H3. The third-order valence-electron chi connectivity index (χ3n) is 4.82. The molecule has 1 saturated heterocycles. The molecular formula is C21H26N2O7. The molecule has 1 aliphatic rings. The lowest BCUT2D eigenvalue weighted by atomic mass is 10.1. The van der Waals surface area contributed by atoms with Gasteiger partial charge in [-0.15, -0.1) is 0 Å². The van der Waals surface area contributed by atoms with Crippen LogP contribution in [-0.4, -0.2) is 80.7 Å². The Labute approximate surface area is 174 Å². The van der Waals surface area contributed by atoms with Gasteiger partial charge in [-0.1, -0.05) is 18.2 Å². The van der Waals surface area contributed by atoms with Gasteiger partial charge in [0.05, 0.1) is 26.4 Å². The van der Waals surface area contributed by atoms with Gasteiger partial charge in [0.2, 0.25) is 11.7 Å². The number of hydrogen-bond acceptors (Lipinski definition) is 7. The van der Waals surface area contributed by atoms with Gasteiger partial charge >= 0.3 is 5.97 Å². The van der Waals surface area contributed by atoms with Crippen molar-refractivity contribution < 1.29 is 33.0 Å². The number of furan rings is 1. The molecule has 0 saturated carbocycles. The SMILES string of the molecule is CCOCc1c(C(=O)OCC(=O)N(C)CC(=O)N2CCOCC2)oc2ccccc12. The number of amides is 2. The molecule has 2 amide bonds. The highest BCUT2D eigenvalue weighted by molar-refractivity contribution is 5.97. The minimum atomic E-state index is -0.748. The topological polar surface area (TPSA) is 98.5 Å². The molecule has 0 radical (unpaired) electrons. The monoisotopic (exact) mass is 418 g/mol. The molecule has 30 heavy (non-hydrogen) atoms. The number of esters is 1. The molecule has 9 heteroatoms. The number of para-hydroxylation sites is 1. The van der Waals surface area contributed by atoms with Crippen molar-refractivity contribution in [1.29, 1.82) is 0 Å². The molecule has 1 aliphatic heterocycles. The van der Waals surface area contributed by atoms with E-state index in [1.54, 1.807) is 17.0 Å². The molecule has 2 aromatic rings. The molecule has 162 valence electrons. The molecule has 1 aromatic carbocycles. The third kappa shape index (κ3) is 5.17. The maximum Gasteiger partial charge on any atom is 0.375 e. The quantitative estimate of drug-likeness (QED) is 0.598. The van der Waals surface area contributed by atoms with E-state index in [-0.39, 0.29) is 24.8 Å². The number of likely N-dealkylation sites (N-methyl/N-ethyl adjacent to an activating group) is 1. The number of rotatable bonds is 8. The Morgan fingerprint density at radius 3 is 2.63 bits per heavy atom. The molecule has 0 bridgehead atoms. The van der Waals surface area contributed by atoms with E-state index in [1.165, 1.54) is 11.9 Å². The van der Waals surface area contributed by atoms with Crippen molar-refractivity contribution >= 4 is 28.8 Å². The highest BCUT2D eigenvalue weighted by atomic mass is 16.5. The number of nitrogens with zero attached hydrogens (tertiary/aromatic N) is 2. The maximum absolute atomic E-state index is 12.6.